The first-order chi connectivity index (χ1) is 8.27. The largest absolute Gasteiger partial charge is 0.373 e. The number of rotatable bonds is 3. The molecule has 0 radical (unpaired) electrons. The average molecular weight is 233 g/mol. The fraction of sp³-hybridized carbons (Fsp3) is 0.571. The minimum Gasteiger partial charge on any atom is -0.373 e. The predicted octanol–water partition coefficient (Wildman–Crippen LogP) is 1.85. The Morgan fingerprint density at radius 1 is 1.29 bits per heavy atom. The molecule has 0 saturated heterocycles. The average Bonchev–Trinajstić information content (AvgIpc) is 2.51. The summed E-state index contributed by atoms with van der Waals surface area (Å²) < 4.78 is 0. The van der Waals surface area contributed by atoms with Crippen molar-refractivity contribution in [3.05, 3.63) is 23.8 Å². The lowest BCUT2D eigenvalue weighted by Gasteiger charge is -2.27. The zero-order chi connectivity index (χ0) is 12.3. The van der Waals surface area contributed by atoms with Gasteiger partial charge in [-0.25, -0.2) is 0 Å². The fourth-order valence-electron chi connectivity index (χ4n) is 2.68. The van der Waals surface area contributed by atoms with Crippen LogP contribution in [0.15, 0.2) is 18.2 Å². The summed E-state index contributed by atoms with van der Waals surface area (Å²) in [5, 5.41) is 0. The number of nitrogens with zero attached hydrogens (tertiary/aromatic N) is 2. The third-order valence-corrected chi connectivity index (χ3v) is 3.52. The monoisotopic (exact) mass is 233 g/mol. The normalized spacial score (nSPS) is 15.7. The predicted molar refractivity (Wildman–Crippen MR) is 75.0 cm³/mol. The first-order valence-corrected chi connectivity index (χ1v) is 6.56. The summed E-state index contributed by atoms with van der Waals surface area (Å²) in [5.41, 5.74) is 9.92. The molecule has 0 unspecified atom stereocenters. The third-order valence-electron chi connectivity index (χ3n) is 3.52. The molecule has 0 atom stereocenters. The number of hydrogen-bond acceptors (Lipinski definition) is 3. The van der Waals surface area contributed by atoms with Crippen LogP contribution in [0.3, 0.4) is 0 Å². The second-order valence-corrected chi connectivity index (χ2v) is 4.69. The first kappa shape index (κ1) is 12.2. The van der Waals surface area contributed by atoms with E-state index < -0.39 is 0 Å². The van der Waals surface area contributed by atoms with Gasteiger partial charge in [-0.3, -0.25) is 0 Å². The van der Waals surface area contributed by atoms with Gasteiger partial charge in [0.2, 0.25) is 0 Å². The molecule has 0 amide bonds. The summed E-state index contributed by atoms with van der Waals surface area (Å²) in [6.07, 6.45) is 2.29. The molecular formula is C14H23N3. The van der Waals surface area contributed by atoms with Gasteiger partial charge >= 0.3 is 0 Å². The van der Waals surface area contributed by atoms with Crippen molar-refractivity contribution in [1.82, 2.24) is 0 Å². The summed E-state index contributed by atoms with van der Waals surface area (Å²) in [6.45, 7) is 6.14. The summed E-state index contributed by atoms with van der Waals surface area (Å²) in [4.78, 5) is 4.82. The quantitative estimate of drug-likeness (QED) is 0.865. The Morgan fingerprint density at radius 3 is 2.82 bits per heavy atom. The van der Waals surface area contributed by atoms with Crippen LogP contribution in [0.5, 0.6) is 0 Å². The Morgan fingerprint density at radius 2 is 2.12 bits per heavy atom. The van der Waals surface area contributed by atoms with Gasteiger partial charge in [0.1, 0.15) is 0 Å². The highest BCUT2D eigenvalue weighted by Crippen LogP contribution is 2.34. The lowest BCUT2D eigenvalue weighted by Crippen LogP contribution is -2.30. The number of nitrogens with two attached hydrogens (primary N) is 1. The van der Waals surface area contributed by atoms with E-state index in [0.717, 1.165) is 32.6 Å². The van der Waals surface area contributed by atoms with Gasteiger partial charge in [-0.05, 0) is 24.5 Å². The lowest BCUT2D eigenvalue weighted by molar-refractivity contribution is 0.741. The molecule has 1 aromatic rings. The van der Waals surface area contributed by atoms with E-state index in [-0.39, 0.29) is 0 Å². The zero-order valence-electron chi connectivity index (χ0n) is 10.9. The minimum atomic E-state index is 0.722. The maximum Gasteiger partial charge on any atom is 0.0633 e. The third kappa shape index (κ3) is 2.39. The van der Waals surface area contributed by atoms with E-state index in [1.807, 2.05) is 0 Å². The van der Waals surface area contributed by atoms with Crippen molar-refractivity contribution in [2.45, 2.75) is 19.8 Å². The number of benzene rings is 1. The van der Waals surface area contributed by atoms with Gasteiger partial charge in [0.05, 0.1) is 11.4 Å². The van der Waals surface area contributed by atoms with Crippen molar-refractivity contribution in [2.75, 3.05) is 43.0 Å². The van der Waals surface area contributed by atoms with Gasteiger partial charge in [-0.2, -0.15) is 0 Å². The van der Waals surface area contributed by atoms with Crippen molar-refractivity contribution in [3.63, 3.8) is 0 Å². The molecule has 0 saturated carbocycles. The minimum absolute atomic E-state index is 0.722. The summed E-state index contributed by atoms with van der Waals surface area (Å²) >= 11 is 0. The molecule has 2 rings (SSSR count). The Labute approximate surface area is 104 Å². The number of hydrogen-bond donors (Lipinski definition) is 1. The van der Waals surface area contributed by atoms with Crippen LogP contribution in [0.1, 0.15) is 18.9 Å². The zero-order valence-corrected chi connectivity index (χ0v) is 10.9. The van der Waals surface area contributed by atoms with Gasteiger partial charge in [-0.1, -0.05) is 19.1 Å². The van der Waals surface area contributed by atoms with E-state index in [4.69, 9.17) is 5.73 Å². The van der Waals surface area contributed by atoms with Crippen LogP contribution in [-0.4, -0.2) is 33.2 Å². The summed E-state index contributed by atoms with van der Waals surface area (Å²) in [5.74, 6) is 0. The van der Waals surface area contributed by atoms with E-state index in [2.05, 4.69) is 42.0 Å². The van der Waals surface area contributed by atoms with E-state index in [9.17, 15) is 0 Å². The van der Waals surface area contributed by atoms with Gasteiger partial charge < -0.3 is 15.5 Å². The lowest BCUT2D eigenvalue weighted by atomic mass is 10.1. The SMILES string of the molecule is CCc1cccc2c1N(C)CCCN2CCN. The van der Waals surface area contributed by atoms with Crippen LogP contribution in [0.2, 0.25) is 0 Å². The van der Waals surface area contributed by atoms with Crippen LogP contribution in [0.4, 0.5) is 11.4 Å². The smallest absolute Gasteiger partial charge is 0.0633 e. The van der Waals surface area contributed by atoms with Crippen LogP contribution in [0, 0.1) is 0 Å². The number of aryl methyl sites for hydroxylation is 1. The van der Waals surface area contributed by atoms with Crippen molar-refractivity contribution in [3.8, 4) is 0 Å². The highest BCUT2D eigenvalue weighted by molar-refractivity contribution is 5.75. The molecule has 2 N–H and O–H groups in total. The molecule has 1 aliphatic rings. The van der Waals surface area contributed by atoms with E-state index >= 15 is 0 Å². The second kappa shape index (κ2) is 5.41. The van der Waals surface area contributed by atoms with Crippen LogP contribution < -0.4 is 15.5 Å². The number of anilines is 2. The van der Waals surface area contributed by atoms with Crippen LogP contribution >= 0.6 is 0 Å². The molecule has 1 heterocycles. The van der Waals surface area contributed by atoms with Crippen molar-refractivity contribution in [2.24, 2.45) is 5.73 Å². The molecule has 1 aliphatic heterocycles. The van der Waals surface area contributed by atoms with Crippen LogP contribution in [-0.2, 0) is 6.42 Å². The number of para-hydroxylation sites is 1. The van der Waals surface area contributed by atoms with E-state index in [0.29, 0.717) is 0 Å². The second-order valence-electron chi connectivity index (χ2n) is 4.69. The van der Waals surface area contributed by atoms with Gasteiger partial charge in [0, 0.05) is 33.2 Å². The fourth-order valence-corrected chi connectivity index (χ4v) is 2.68. The van der Waals surface area contributed by atoms with Gasteiger partial charge in [-0.15, -0.1) is 0 Å². The molecule has 0 fully saturated rings. The molecule has 3 heteroatoms. The molecule has 1 aromatic carbocycles. The number of fused-ring (bicyclic) bond motifs is 1. The summed E-state index contributed by atoms with van der Waals surface area (Å²) in [7, 11) is 2.20. The Kier molecular flexibility index (Phi) is 3.89. The molecule has 0 spiro atoms. The van der Waals surface area contributed by atoms with Crippen LogP contribution in [0.25, 0.3) is 0 Å². The van der Waals surface area contributed by atoms with Crippen molar-refractivity contribution in [1.29, 1.82) is 0 Å². The van der Waals surface area contributed by atoms with Crippen molar-refractivity contribution < 1.29 is 0 Å². The molecule has 94 valence electrons. The topological polar surface area (TPSA) is 32.5 Å². The van der Waals surface area contributed by atoms with Gasteiger partial charge in [0.15, 0.2) is 0 Å². The summed E-state index contributed by atoms with van der Waals surface area (Å²) in [6, 6.07) is 6.63. The highest BCUT2D eigenvalue weighted by atomic mass is 15.2. The molecular weight excluding hydrogens is 210 g/mol. The molecule has 3 nitrogen and oxygen atoms in total. The Bertz CT molecular complexity index is 376. The Hall–Kier alpha value is -1.22. The highest BCUT2D eigenvalue weighted by Gasteiger charge is 2.19. The maximum atomic E-state index is 5.72. The van der Waals surface area contributed by atoms with E-state index in [1.165, 1.54) is 23.4 Å². The van der Waals surface area contributed by atoms with Gasteiger partial charge in [0.25, 0.3) is 0 Å². The molecule has 0 bridgehead atoms. The molecule has 0 aliphatic carbocycles. The van der Waals surface area contributed by atoms with Crippen molar-refractivity contribution >= 4 is 11.4 Å². The molecule has 17 heavy (non-hydrogen) atoms. The standard InChI is InChI=1S/C14H23N3/c1-3-12-6-4-7-13-14(12)16(2)9-5-10-17(13)11-8-15/h4,6-7H,3,5,8-11,15H2,1-2H3. The first-order valence-electron chi connectivity index (χ1n) is 6.56. The Balaban J connectivity index is 2.45. The molecule has 0 aromatic heterocycles. The van der Waals surface area contributed by atoms with E-state index in [1.54, 1.807) is 0 Å². The maximum absolute atomic E-state index is 5.72.